The third-order valence-corrected chi connectivity index (χ3v) is 5.49. The molecule has 0 saturated carbocycles. The topological polar surface area (TPSA) is 165 Å². The second-order valence-corrected chi connectivity index (χ2v) is 8.23. The molecule has 1 aromatic carbocycles. The van der Waals surface area contributed by atoms with E-state index in [2.05, 4.69) is 22.6 Å². The zero-order chi connectivity index (χ0) is 27.2. The van der Waals surface area contributed by atoms with Crippen molar-refractivity contribution in [2.75, 3.05) is 0 Å². The number of ether oxygens (including phenoxy) is 2. The maximum Gasteiger partial charge on any atom is 0.340 e. The van der Waals surface area contributed by atoms with Gasteiger partial charge in [0.25, 0.3) is 22.2 Å². The molecular weight excluding hydrogens is 476 g/mol. The number of benzene rings is 1. The first kappa shape index (κ1) is 25.9. The third-order valence-electron chi connectivity index (χ3n) is 5.49. The van der Waals surface area contributed by atoms with Gasteiger partial charge in [-0.05, 0) is 39.8 Å². The van der Waals surface area contributed by atoms with Crippen molar-refractivity contribution in [1.29, 1.82) is 0 Å². The average molecular weight is 496 g/mol. The van der Waals surface area contributed by atoms with Crippen LogP contribution >= 0.6 is 0 Å². The molecule has 2 aromatic heterocycles. The highest BCUT2D eigenvalue weighted by Gasteiger charge is 2.29. The molecule has 12 heteroatoms. The van der Waals surface area contributed by atoms with Gasteiger partial charge in [0.05, 0.1) is 21.5 Å². The second-order valence-electron chi connectivity index (χ2n) is 8.23. The number of rotatable bonds is 6. The maximum atomic E-state index is 12.9. The summed E-state index contributed by atoms with van der Waals surface area (Å²) < 4.78 is 10.3. The molecule has 0 aliphatic rings. The van der Waals surface area contributed by atoms with Crippen molar-refractivity contribution in [1.82, 2.24) is 9.13 Å². The van der Waals surface area contributed by atoms with E-state index in [1.807, 2.05) is 0 Å². The lowest BCUT2D eigenvalue weighted by Crippen LogP contribution is -2.35. The minimum atomic E-state index is -1.50. The molecule has 0 spiro atoms. The summed E-state index contributed by atoms with van der Waals surface area (Å²) >= 11 is 0. The van der Waals surface area contributed by atoms with Crippen LogP contribution in [0.25, 0.3) is 21.5 Å². The van der Waals surface area contributed by atoms with E-state index in [-0.39, 0.29) is 32.7 Å². The molecule has 0 radical (unpaired) electrons. The van der Waals surface area contributed by atoms with Gasteiger partial charge in [-0.1, -0.05) is 13.2 Å². The van der Waals surface area contributed by atoms with Gasteiger partial charge in [-0.15, -0.1) is 0 Å². The largest absolute Gasteiger partial charge is 0.388 e. The van der Waals surface area contributed by atoms with Crippen molar-refractivity contribution in [3.05, 3.63) is 77.9 Å². The van der Waals surface area contributed by atoms with Gasteiger partial charge >= 0.3 is 23.9 Å². The fraction of sp³-hybridized carbons (Fsp3) is 0.250. The van der Waals surface area contributed by atoms with Crippen LogP contribution in [0.3, 0.4) is 0 Å². The standard InChI is InChI=1S/C24H20N2O10/c1-9(2)21(31)35-23(33)11(5)25-17(27)13-7-15-16(8-14(13)18(25)28)20(30)26(19(15)29)12(6)24(34)36-22(32)10(3)4/h7-8,11-12H,1,3H2,2,4-6H3. The minimum Gasteiger partial charge on any atom is -0.388 e. The number of aromatic nitrogens is 2. The molecule has 2 unspecified atom stereocenters. The quantitative estimate of drug-likeness (QED) is 0.264. The van der Waals surface area contributed by atoms with Crippen molar-refractivity contribution in [2.45, 2.75) is 39.8 Å². The number of nitrogens with zero attached hydrogens (tertiary/aromatic N) is 2. The summed E-state index contributed by atoms with van der Waals surface area (Å²) in [6.07, 6.45) is 0. The highest BCUT2D eigenvalue weighted by molar-refractivity contribution is 6.00. The maximum absolute atomic E-state index is 12.9. The summed E-state index contributed by atoms with van der Waals surface area (Å²) in [5.41, 5.74) is -3.96. The Morgan fingerprint density at radius 3 is 1.11 bits per heavy atom. The van der Waals surface area contributed by atoms with Crippen LogP contribution < -0.4 is 22.2 Å². The van der Waals surface area contributed by atoms with E-state index in [1.54, 1.807) is 0 Å². The monoisotopic (exact) mass is 496 g/mol. The highest BCUT2D eigenvalue weighted by atomic mass is 16.6. The normalized spacial score (nSPS) is 12.8. The van der Waals surface area contributed by atoms with Crippen molar-refractivity contribution in [2.24, 2.45) is 0 Å². The van der Waals surface area contributed by atoms with Gasteiger partial charge in [-0.2, -0.15) is 0 Å². The summed E-state index contributed by atoms with van der Waals surface area (Å²) in [5.74, 6) is -4.42. The SMILES string of the molecule is C=C(C)C(=O)OC(=O)C(C)n1c(=O)c2cc3c(=O)n(C(C)C(=O)OC(=O)C(=C)C)c(=O)c3cc2c1=O. The smallest absolute Gasteiger partial charge is 0.340 e. The number of carbonyl (C=O) groups excluding carboxylic acids is 4. The molecule has 0 fully saturated rings. The van der Waals surface area contributed by atoms with E-state index in [0.29, 0.717) is 9.13 Å². The molecule has 2 heterocycles. The molecular formula is C24H20N2O10. The number of hydrogen-bond acceptors (Lipinski definition) is 10. The first-order valence-electron chi connectivity index (χ1n) is 10.5. The Balaban J connectivity index is 2.14. The van der Waals surface area contributed by atoms with Crippen molar-refractivity contribution in [3.63, 3.8) is 0 Å². The summed E-state index contributed by atoms with van der Waals surface area (Å²) in [6, 6.07) is -0.975. The zero-order valence-electron chi connectivity index (χ0n) is 19.7. The van der Waals surface area contributed by atoms with E-state index < -0.39 is 58.2 Å². The summed E-state index contributed by atoms with van der Waals surface area (Å²) in [5, 5.41) is -1.05. The van der Waals surface area contributed by atoms with E-state index in [0.717, 1.165) is 12.1 Å². The van der Waals surface area contributed by atoms with Crippen LogP contribution in [0.15, 0.2) is 55.6 Å². The number of esters is 4. The molecule has 3 aromatic rings. The predicted octanol–water partition coefficient (Wildman–Crippen LogP) is 0.326. The van der Waals surface area contributed by atoms with Gasteiger partial charge in [-0.25, -0.2) is 19.2 Å². The Bertz CT molecular complexity index is 1520. The van der Waals surface area contributed by atoms with Crippen molar-refractivity contribution in [3.8, 4) is 0 Å². The van der Waals surface area contributed by atoms with Crippen molar-refractivity contribution >= 4 is 45.4 Å². The van der Waals surface area contributed by atoms with E-state index in [4.69, 9.17) is 0 Å². The number of carbonyl (C=O) groups is 4. The zero-order valence-corrected chi connectivity index (χ0v) is 19.7. The molecule has 0 aliphatic carbocycles. The lowest BCUT2D eigenvalue weighted by molar-refractivity contribution is -0.160. The van der Waals surface area contributed by atoms with E-state index in [1.165, 1.54) is 27.7 Å². The van der Waals surface area contributed by atoms with Crippen LogP contribution in [0.4, 0.5) is 0 Å². The van der Waals surface area contributed by atoms with E-state index in [9.17, 15) is 38.4 Å². The minimum absolute atomic E-state index is 0.0713. The molecule has 36 heavy (non-hydrogen) atoms. The predicted molar refractivity (Wildman–Crippen MR) is 126 cm³/mol. The Labute approximate surface area is 201 Å². The first-order chi connectivity index (χ1) is 16.7. The Morgan fingerprint density at radius 1 is 0.639 bits per heavy atom. The molecule has 0 N–H and O–H groups in total. The van der Waals surface area contributed by atoms with Crippen LogP contribution in [-0.4, -0.2) is 33.0 Å². The molecule has 3 rings (SSSR count). The Kier molecular flexibility index (Phi) is 6.56. The Hall–Kier alpha value is -4.74. The van der Waals surface area contributed by atoms with E-state index >= 15 is 0 Å². The van der Waals surface area contributed by atoms with Crippen LogP contribution in [0, 0.1) is 0 Å². The molecule has 2 atom stereocenters. The lowest BCUT2D eigenvalue weighted by Gasteiger charge is -2.10. The molecule has 0 amide bonds. The fourth-order valence-corrected chi connectivity index (χ4v) is 3.45. The first-order valence-corrected chi connectivity index (χ1v) is 10.5. The molecule has 0 bridgehead atoms. The molecule has 0 saturated heterocycles. The molecule has 0 aliphatic heterocycles. The van der Waals surface area contributed by atoms with Gasteiger partial charge in [0.15, 0.2) is 0 Å². The van der Waals surface area contributed by atoms with Crippen molar-refractivity contribution < 1.29 is 28.7 Å². The van der Waals surface area contributed by atoms with Crippen LogP contribution in [0.1, 0.15) is 39.8 Å². The van der Waals surface area contributed by atoms with Crippen LogP contribution in [0.2, 0.25) is 0 Å². The van der Waals surface area contributed by atoms with Crippen LogP contribution in [0.5, 0.6) is 0 Å². The van der Waals surface area contributed by atoms with Gasteiger partial charge < -0.3 is 9.47 Å². The van der Waals surface area contributed by atoms with Gasteiger partial charge in [-0.3, -0.25) is 28.3 Å². The molecule has 186 valence electrons. The van der Waals surface area contributed by atoms with Crippen LogP contribution in [-0.2, 0) is 28.7 Å². The lowest BCUT2D eigenvalue weighted by atomic mass is 10.1. The summed E-state index contributed by atoms with van der Waals surface area (Å²) in [4.78, 5) is 99.5. The third kappa shape index (κ3) is 4.13. The number of hydrogen-bond donors (Lipinski definition) is 0. The highest BCUT2D eigenvalue weighted by Crippen LogP contribution is 2.18. The van der Waals surface area contributed by atoms with Gasteiger partial charge in [0, 0.05) is 11.1 Å². The fourth-order valence-electron chi connectivity index (χ4n) is 3.45. The average Bonchev–Trinajstić information content (AvgIpc) is 3.20. The van der Waals surface area contributed by atoms with Gasteiger partial charge in [0.2, 0.25) is 0 Å². The summed E-state index contributed by atoms with van der Waals surface area (Å²) in [6.45, 7) is 11.6. The second kappa shape index (κ2) is 9.13. The summed E-state index contributed by atoms with van der Waals surface area (Å²) in [7, 11) is 0. The molecule has 12 nitrogen and oxygen atoms in total. The van der Waals surface area contributed by atoms with Gasteiger partial charge in [0.1, 0.15) is 12.1 Å². The number of fused-ring (bicyclic) bond motifs is 2. The Morgan fingerprint density at radius 2 is 0.889 bits per heavy atom.